The van der Waals surface area contributed by atoms with E-state index in [1.807, 2.05) is 0 Å². The number of nitrogens with one attached hydrogen (secondary N) is 1. The molecule has 21 heavy (non-hydrogen) atoms. The third-order valence-corrected chi connectivity index (χ3v) is 7.32. The second-order valence-corrected chi connectivity index (χ2v) is 8.68. The number of ether oxygens (including phenoxy) is 1. The Morgan fingerprint density at radius 2 is 2.05 bits per heavy atom. The second-order valence-electron chi connectivity index (χ2n) is 7.24. The first kappa shape index (κ1) is 14.1. The van der Waals surface area contributed by atoms with Gasteiger partial charge in [-0.2, -0.15) is 4.99 Å². The average Bonchev–Trinajstić information content (AvgIpc) is 3.16. The third kappa shape index (κ3) is 2.42. The van der Waals surface area contributed by atoms with Crippen LogP contribution in [0.25, 0.3) is 0 Å². The molecule has 4 nitrogen and oxygen atoms in total. The van der Waals surface area contributed by atoms with Crippen molar-refractivity contribution >= 4 is 22.8 Å². The summed E-state index contributed by atoms with van der Waals surface area (Å²) in [6, 6.07) is 0.555. The van der Waals surface area contributed by atoms with Gasteiger partial charge in [-0.3, -0.25) is 4.79 Å². The molecule has 4 atom stereocenters. The molecule has 4 aliphatic rings. The minimum absolute atomic E-state index is 0.0602. The van der Waals surface area contributed by atoms with Gasteiger partial charge in [0.1, 0.15) is 4.75 Å². The van der Waals surface area contributed by atoms with E-state index in [1.54, 1.807) is 11.8 Å². The molecule has 0 spiro atoms. The van der Waals surface area contributed by atoms with Crippen molar-refractivity contribution in [2.45, 2.75) is 56.2 Å². The number of carbonyl (C=O) groups is 1. The Morgan fingerprint density at radius 1 is 1.24 bits per heavy atom. The molecule has 5 heteroatoms. The first-order chi connectivity index (χ1) is 10.1. The number of amides is 1. The zero-order valence-electron chi connectivity index (χ0n) is 12.6. The molecule has 0 radical (unpaired) electrons. The summed E-state index contributed by atoms with van der Waals surface area (Å²) in [5.74, 6) is 2.18. The van der Waals surface area contributed by atoms with Crippen LogP contribution in [0.1, 0.15) is 45.4 Å². The number of fused-ring (bicyclic) bond motifs is 2. The molecule has 1 amide bonds. The molecule has 2 bridgehead atoms. The van der Waals surface area contributed by atoms with Crippen LogP contribution in [0.2, 0.25) is 0 Å². The highest BCUT2D eigenvalue weighted by Gasteiger charge is 2.49. The molecule has 2 aliphatic heterocycles. The van der Waals surface area contributed by atoms with Gasteiger partial charge >= 0.3 is 0 Å². The Labute approximate surface area is 130 Å². The maximum Gasteiger partial charge on any atom is 0.264 e. The topological polar surface area (TPSA) is 50.7 Å². The molecule has 2 aliphatic carbocycles. The summed E-state index contributed by atoms with van der Waals surface area (Å²) < 4.78 is 5.06. The molecule has 1 N–H and O–H groups in total. The van der Waals surface area contributed by atoms with Crippen molar-refractivity contribution in [3.8, 4) is 0 Å². The van der Waals surface area contributed by atoms with Crippen molar-refractivity contribution < 1.29 is 9.53 Å². The number of carbonyl (C=O) groups excluding carboxylic acids is 1. The first-order valence-corrected chi connectivity index (χ1v) is 9.13. The number of hydrogen-bond donors (Lipinski definition) is 1. The van der Waals surface area contributed by atoms with Crippen LogP contribution in [0.3, 0.4) is 0 Å². The number of rotatable bonds is 2. The van der Waals surface area contributed by atoms with E-state index in [4.69, 9.17) is 4.74 Å². The highest BCUT2D eigenvalue weighted by Crippen LogP contribution is 2.47. The summed E-state index contributed by atoms with van der Waals surface area (Å²) in [5, 5.41) is 4.48. The van der Waals surface area contributed by atoms with E-state index in [2.05, 4.69) is 17.2 Å². The van der Waals surface area contributed by atoms with Gasteiger partial charge in [0.15, 0.2) is 5.17 Å². The summed E-state index contributed by atoms with van der Waals surface area (Å²) in [6.07, 6.45) is 7.36. The monoisotopic (exact) mass is 308 g/mol. The van der Waals surface area contributed by atoms with Gasteiger partial charge in [-0.1, -0.05) is 18.2 Å². The van der Waals surface area contributed by atoms with Gasteiger partial charge < -0.3 is 10.1 Å². The lowest BCUT2D eigenvalue weighted by Gasteiger charge is -2.33. The number of nitrogens with zero attached hydrogens (tertiary/aromatic N) is 1. The van der Waals surface area contributed by atoms with Crippen molar-refractivity contribution in [1.29, 1.82) is 0 Å². The SMILES string of the molecule is CC1(C2CCOCC2)SC(N[C@H]2C[C@H]3CC[C@H]2C3)=NC1=O. The first-order valence-electron chi connectivity index (χ1n) is 8.31. The van der Waals surface area contributed by atoms with E-state index in [1.165, 1.54) is 25.7 Å². The maximum absolute atomic E-state index is 12.5. The zero-order chi connectivity index (χ0) is 14.4. The lowest BCUT2D eigenvalue weighted by atomic mass is 9.86. The molecule has 1 saturated heterocycles. The Morgan fingerprint density at radius 3 is 2.71 bits per heavy atom. The van der Waals surface area contributed by atoms with E-state index in [0.29, 0.717) is 12.0 Å². The standard InChI is InChI=1S/C16H24N2O2S/c1-16(12-4-6-20-7-5-12)14(19)18-15(21-16)17-13-9-10-2-3-11(13)8-10/h10-13H,2-9H2,1H3,(H,17,18,19)/t10-,11-,13-,16?/m0/s1. The average molecular weight is 308 g/mol. The van der Waals surface area contributed by atoms with E-state index < -0.39 is 0 Å². The molecule has 0 aromatic rings. The number of hydrogen-bond acceptors (Lipinski definition) is 4. The van der Waals surface area contributed by atoms with Crippen LogP contribution in [0.5, 0.6) is 0 Å². The number of amidine groups is 1. The van der Waals surface area contributed by atoms with Crippen LogP contribution in [-0.4, -0.2) is 35.1 Å². The molecular formula is C16H24N2O2S. The van der Waals surface area contributed by atoms with E-state index in [9.17, 15) is 4.79 Å². The zero-order valence-corrected chi connectivity index (χ0v) is 13.5. The predicted octanol–water partition coefficient (Wildman–Crippen LogP) is 2.58. The maximum atomic E-state index is 12.5. The van der Waals surface area contributed by atoms with Crippen LogP contribution >= 0.6 is 11.8 Å². The molecule has 0 aromatic heterocycles. The molecule has 0 aromatic carbocycles. The smallest absolute Gasteiger partial charge is 0.264 e. The Bertz CT molecular complexity index is 475. The van der Waals surface area contributed by atoms with Gasteiger partial charge in [0.05, 0.1) is 0 Å². The largest absolute Gasteiger partial charge is 0.381 e. The molecule has 1 unspecified atom stereocenters. The second kappa shape index (κ2) is 5.27. The Balaban J connectivity index is 1.42. The van der Waals surface area contributed by atoms with Crippen LogP contribution in [0.4, 0.5) is 0 Å². The van der Waals surface area contributed by atoms with Crippen LogP contribution in [-0.2, 0) is 9.53 Å². The predicted molar refractivity (Wildman–Crippen MR) is 84.4 cm³/mol. The molecule has 2 heterocycles. The molecule has 4 rings (SSSR count). The fourth-order valence-corrected chi connectivity index (χ4v) is 5.89. The normalized spacial score (nSPS) is 43.4. The van der Waals surface area contributed by atoms with Crippen LogP contribution < -0.4 is 5.32 Å². The van der Waals surface area contributed by atoms with E-state index >= 15 is 0 Å². The molecule has 2 saturated carbocycles. The van der Waals surface area contributed by atoms with Crippen molar-refractivity contribution in [2.75, 3.05) is 13.2 Å². The minimum Gasteiger partial charge on any atom is -0.381 e. The number of thioether (sulfide) groups is 1. The van der Waals surface area contributed by atoms with Crippen LogP contribution in [0, 0.1) is 17.8 Å². The fourth-order valence-electron chi connectivity index (χ4n) is 4.62. The lowest BCUT2D eigenvalue weighted by Crippen LogP contribution is -2.41. The van der Waals surface area contributed by atoms with Crippen molar-refractivity contribution in [3.05, 3.63) is 0 Å². The van der Waals surface area contributed by atoms with Crippen molar-refractivity contribution in [1.82, 2.24) is 5.32 Å². The summed E-state index contributed by atoms with van der Waals surface area (Å²) in [5.41, 5.74) is 0. The molecular weight excluding hydrogens is 284 g/mol. The Hall–Kier alpha value is -0.550. The van der Waals surface area contributed by atoms with Gasteiger partial charge in [0, 0.05) is 19.3 Å². The quantitative estimate of drug-likeness (QED) is 0.852. The summed E-state index contributed by atoms with van der Waals surface area (Å²) in [6.45, 7) is 3.64. The van der Waals surface area contributed by atoms with Gasteiger partial charge in [-0.25, -0.2) is 0 Å². The minimum atomic E-state index is -0.371. The highest BCUT2D eigenvalue weighted by atomic mass is 32.2. The van der Waals surface area contributed by atoms with E-state index in [0.717, 1.165) is 43.1 Å². The van der Waals surface area contributed by atoms with E-state index in [-0.39, 0.29) is 10.7 Å². The van der Waals surface area contributed by atoms with Gasteiger partial charge in [0.25, 0.3) is 5.91 Å². The van der Waals surface area contributed by atoms with Crippen molar-refractivity contribution in [3.63, 3.8) is 0 Å². The third-order valence-electron chi connectivity index (χ3n) is 5.98. The van der Waals surface area contributed by atoms with Gasteiger partial charge in [-0.05, 0) is 56.8 Å². The van der Waals surface area contributed by atoms with Gasteiger partial charge in [-0.15, -0.1) is 0 Å². The Kier molecular flexibility index (Phi) is 3.53. The fraction of sp³-hybridized carbons (Fsp3) is 0.875. The lowest BCUT2D eigenvalue weighted by molar-refractivity contribution is -0.121. The molecule has 116 valence electrons. The highest BCUT2D eigenvalue weighted by molar-refractivity contribution is 8.16. The van der Waals surface area contributed by atoms with Crippen LogP contribution in [0.15, 0.2) is 4.99 Å². The summed E-state index contributed by atoms with van der Waals surface area (Å²) in [7, 11) is 0. The van der Waals surface area contributed by atoms with Crippen molar-refractivity contribution in [2.24, 2.45) is 22.7 Å². The summed E-state index contributed by atoms with van der Waals surface area (Å²) >= 11 is 1.68. The van der Waals surface area contributed by atoms with Gasteiger partial charge in [0.2, 0.25) is 0 Å². The summed E-state index contributed by atoms with van der Waals surface area (Å²) in [4.78, 5) is 16.8. The number of aliphatic imine (C=N–C) groups is 1. The molecule has 3 fully saturated rings.